The summed E-state index contributed by atoms with van der Waals surface area (Å²) in [5.74, 6) is 0.465. The SMILES string of the molecule is CCOC(=O)CC(N)CCC(C)C. The lowest BCUT2D eigenvalue weighted by Gasteiger charge is -2.11. The molecule has 0 aliphatic carbocycles. The van der Waals surface area contributed by atoms with Crippen LogP contribution in [0.2, 0.25) is 0 Å². The Kier molecular flexibility index (Phi) is 6.59. The van der Waals surface area contributed by atoms with E-state index in [0.29, 0.717) is 18.9 Å². The molecule has 0 fully saturated rings. The maximum Gasteiger partial charge on any atom is 0.307 e. The predicted octanol–water partition coefficient (Wildman–Crippen LogP) is 1.70. The third-order valence-electron chi connectivity index (χ3n) is 1.85. The lowest BCUT2D eigenvalue weighted by molar-refractivity contribution is -0.143. The molecule has 0 saturated heterocycles. The molecule has 0 rings (SSSR count). The Hall–Kier alpha value is -0.570. The molecule has 0 saturated carbocycles. The molecular formula is C10H21NO2. The monoisotopic (exact) mass is 187 g/mol. The number of hydrogen-bond donors (Lipinski definition) is 1. The fourth-order valence-electron chi connectivity index (χ4n) is 1.08. The van der Waals surface area contributed by atoms with E-state index in [0.717, 1.165) is 12.8 Å². The third-order valence-corrected chi connectivity index (χ3v) is 1.85. The largest absolute Gasteiger partial charge is 0.466 e. The Balaban J connectivity index is 3.49. The van der Waals surface area contributed by atoms with Gasteiger partial charge in [-0.05, 0) is 25.7 Å². The number of nitrogens with two attached hydrogens (primary N) is 1. The van der Waals surface area contributed by atoms with Crippen molar-refractivity contribution in [3.05, 3.63) is 0 Å². The molecule has 0 aromatic carbocycles. The van der Waals surface area contributed by atoms with E-state index < -0.39 is 0 Å². The molecule has 0 heterocycles. The van der Waals surface area contributed by atoms with Gasteiger partial charge in [-0.15, -0.1) is 0 Å². The first kappa shape index (κ1) is 12.4. The Morgan fingerprint density at radius 1 is 1.38 bits per heavy atom. The zero-order chi connectivity index (χ0) is 10.3. The average molecular weight is 187 g/mol. The van der Waals surface area contributed by atoms with Gasteiger partial charge in [0.2, 0.25) is 0 Å². The van der Waals surface area contributed by atoms with Crippen LogP contribution in [0.1, 0.15) is 40.0 Å². The Labute approximate surface area is 80.6 Å². The summed E-state index contributed by atoms with van der Waals surface area (Å²) in [5.41, 5.74) is 5.75. The van der Waals surface area contributed by atoms with E-state index in [2.05, 4.69) is 13.8 Å². The van der Waals surface area contributed by atoms with E-state index in [4.69, 9.17) is 10.5 Å². The highest BCUT2D eigenvalue weighted by Gasteiger charge is 2.10. The van der Waals surface area contributed by atoms with Crippen LogP contribution >= 0.6 is 0 Å². The number of rotatable bonds is 6. The van der Waals surface area contributed by atoms with Crippen molar-refractivity contribution in [2.45, 2.75) is 46.1 Å². The van der Waals surface area contributed by atoms with Gasteiger partial charge in [0.05, 0.1) is 13.0 Å². The van der Waals surface area contributed by atoms with Crippen molar-refractivity contribution in [3.8, 4) is 0 Å². The van der Waals surface area contributed by atoms with E-state index in [1.54, 1.807) is 6.92 Å². The maximum atomic E-state index is 11.0. The molecule has 2 N–H and O–H groups in total. The number of esters is 1. The first-order valence-electron chi connectivity index (χ1n) is 4.97. The van der Waals surface area contributed by atoms with Crippen LogP contribution in [-0.2, 0) is 9.53 Å². The summed E-state index contributed by atoms with van der Waals surface area (Å²) in [4.78, 5) is 11.0. The topological polar surface area (TPSA) is 52.3 Å². The quantitative estimate of drug-likeness (QED) is 0.644. The van der Waals surface area contributed by atoms with Gasteiger partial charge in [-0.3, -0.25) is 4.79 Å². The van der Waals surface area contributed by atoms with Crippen LogP contribution < -0.4 is 5.73 Å². The van der Waals surface area contributed by atoms with E-state index in [1.807, 2.05) is 0 Å². The van der Waals surface area contributed by atoms with Crippen LogP contribution in [0.15, 0.2) is 0 Å². The molecule has 1 atom stereocenters. The van der Waals surface area contributed by atoms with Gasteiger partial charge < -0.3 is 10.5 Å². The van der Waals surface area contributed by atoms with Crippen molar-refractivity contribution < 1.29 is 9.53 Å². The minimum Gasteiger partial charge on any atom is -0.466 e. The van der Waals surface area contributed by atoms with Gasteiger partial charge in [0.1, 0.15) is 0 Å². The molecule has 78 valence electrons. The lowest BCUT2D eigenvalue weighted by atomic mass is 10.0. The van der Waals surface area contributed by atoms with E-state index >= 15 is 0 Å². The number of ether oxygens (including phenoxy) is 1. The molecular weight excluding hydrogens is 166 g/mol. The van der Waals surface area contributed by atoms with Crippen LogP contribution in [0.25, 0.3) is 0 Å². The van der Waals surface area contributed by atoms with Crippen LogP contribution in [-0.4, -0.2) is 18.6 Å². The molecule has 0 aromatic rings. The van der Waals surface area contributed by atoms with Crippen molar-refractivity contribution >= 4 is 5.97 Å². The molecule has 0 aliphatic heterocycles. The Morgan fingerprint density at radius 2 is 2.00 bits per heavy atom. The highest BCUT2D eigenvalue weighted by Crippen LogP contribution is 2.07. The van der Waals surface area contributed by atoms with E-state index in [-0.39, 0.29) is 12.0 Å². The molecule has 3 heteroatoms. The molecule has 0 bridgehead atoms. The van der Waals surface area contributed by atoms with Crippen molar-refractivity contribution in [1.29, 1.82) is 0 Å². The number of hydrogen-bond acceptors (Lipinski definition) is 3. The van der Waals surface area contributed by atoms with Crippen molar-refractivity contribution in [2.24, 2.45) is 11.7 Å². The fraction of sp³-hybridized carbons (Fsp3) is 0.900. The second-order valence-corrected chi connectivity index (χ2v) is 3.74. The fourth-order valence-corrected chi connectivity index (χ4v) is 1.08. The van der Waals surface area contributed by atoms with Gasteiger partial charge in [-0.2, -0.15) is 0 Å². The third kappa shape index (κ3) is 7.78. The summed E-state index contributed by atoms with van der Waals surface area (Å²) in [5, 5.41) is 0. The summed E-state index contributed by atoms with van der Waals surface area (Å²) in [6.45, 7) is 6.54. The number of carbonyl (C=O) groups is 1. The predicted molar refractivity (Wildman–Crippen MR) is 53.3 cm³/mol. The molecule has 0 aromatic heterocycles. The molecule has 0 aliphatic rings. The molecule has 0 spiro atoms. The zero-order valence-corrected chi connectivity index (χ0v) is 8.88. The molecule has 0 amide bonds. The van der Waals surface area contributed by atoms with Gasteiger partial charge >= 0.3 is 5.97 Å². The smallest absolute Gasteiger partial charge is 0.307 e. The van der Waals surface area contributed by atoms with Crippen LogP contribution in [0.4, 0.5) is 0 Å². The summed E-state index contributed by atoms with van der Waals surface area (Å²) in [6.07, 6.45) is 2.32. The Bertz CT molecular complexity index is 146. The van der Waals surface area contributed by atoms with Gasteiger partial charge in [0, 0.05) is 6.04 Å². The Morgan fingerprint density at radius 3 is 2.46 bits per heavy atom. The highest BCUT2D eigenvalue weighted by molar-refractivity contribution is 5.70. The summed E-state index contributed by atoms with van der Waals surface area (Å²) in [7, 11) is 0. The first-order chi connectivity index (χ1) is 6.06. The molecule has 13 heavy (non-hydrogen) atoms. The van der Waals surface area contributed by atoms with Gasteiger partial charge in [0.25, 0.3) is 0 Å². The van der Waals surface area contributed by atoms with E-state index in [1.165, 1.54) is 0 Å². The molecule has 0 radical (unpaired) electrons. The van der Waals surface area contributed by atoms with Gasteiger partial charge in [-0.1, -0.05) is 13.8 Å². The average Bonchev–Trinajstić information content (AvgIpc) is 2.01. The molecule has 1 unspecified atom stereocenters. The standard InChI is InChI=1S/C10H21NO2/c1-4-13-10(12)7-9(11)6-5-8(2)3/h8-9H,4-7,11H2,1-3H3. The zero-order valence-electron chi connectivity index (χ0n) is 8.88. The van der Waals surface area contributed by atoms with Crippen LogP contribution in [0.3, 0.4) is 0 Å². The summed E-state index contributed by atoms with van der Waals surface area (Å²) in [6, 6.07) is -0.0403. The lowest BCUT2D eigenvalue weighted by Crippen LogP contribution is -2.25. The summed E-state index contributed by atoms with van der Waals surface area (Å²) < 4.78 is 4.80. The van der Waals surface area contributed by atoms with Gasteiger partial charge in [-0.25, -0.2) is 0 Å². The minimum atomic E-state index is -0.182. The van der Waals surface area contributed by atoms with Crippen LogP contribution in [0.5, 0.6) is 0 Å². The second-order valence-electron chi connectivity index (χ2n) is 3.74. The highest BCUT2D eigenvalue weighted by atomic mass is 16.5. The number of carbonyl (C=O) groups excluding carboxylic acids is 1. The van der Waals surface area contributed by atoms with Crippen molar-refractivity contribution in [2.75, 3.05) is 6.61 Å². The van der Waals surface area contributed by atoms with Crippen molar-refractivity contribution in [1.82, 2.24) is 0 Å². The first-order valence-corrected chi connectivity index (χ1v) is 4.97. The van der Waals surface area contributed by atoms with Gasteiger partial charge in [0.15, 0.2) is 0 Å². The minimum absolute atomic E-state index is 0.0403. The van der Waals surface area contributed by atoms with E-state index in [9.17, 15) is 4.79 Å². The van der Waals surface area contributed by atoms with Crippen molar-refractivity contribution in [3.63, 3.8) is 0 Å². The second kappa shape index (κ2) is 6.89. The van der Waals surface area contributed by atoms with Crippen LogP contribution in [0, 0.1) is 5.92 Å². The molecule has 3 nitrogen and oxygen atoms in total. The normalized spacial score (nSPS) is 13.0. The maximum absolute atomic E-state index is 11.0. The summed E-state index contributed by atoms with van der Waals surface area (Å²) >= 11 is 0.